The molecule has 0 bridgehead atoms. The lowest BCUT2D eigenvalue weighted by Gasteiger charge is -2.34. The minimum Gasteiger partial charge on any atom is -0.342 e. The quantitative estimate of drug-likeness (QED) is 0.616. The van der Waals surface area contributed by atoms with E-state index in [1.54, 1.807) is 15.9 Å². The van der Waals surface area contributed by atoms with Crippen LogP contribution < -0.4 is 0 Å². The third kappa shape index (κ3) is 4.40. The van der Waals surface area contributed by atoms with E-state index in [1.807, 2.05) is 55.5 Å². The average molecular weight is 453 g/mol. The minimum absolute atomic E-state index is 0.0170. The maximum absolute atomic E-state index is 12.8. The fourth-order valence-corrected chi connectivity index (χ4v) is 3.69. The fraction of sp³-hybridized carbons (Fsp3) is 0.227. The number of amides is 2. The van der Waals surface area contributed by atoms with Crippen LogP contribution in [0.3, 0.4) is 0 Å². The van der Waals surface area contributed by atoms with Gasteiger partial charge in [-0.2, -0.15) is 0 Å². The number of halogens is 1. The van der Waals surface area contributed by atoms with E-state index in [0.717, 1.165) is 26.9 Å². The van der Waals surface area contributed by atoms with E-state index in [4.69, 9.17) is 0 Å². The zero-order chi connectivity index (χ0) is 20.4. The molecule has 1 N–H and O–H groups in total. The van der Waals surface area contributed by atoms with Gasteiger partial charge in [-0.3, -0.25) is 9.59 Å². The van der Waals surface area contributed by atoms with Crippen LogP contribution in [0, 0.1) is 6.92 Å². The summed E-state index contributed by atoms with van der Waals surface area (Å²) < 4.78 is 1.00. The molecule has 6 nitrogen and oxygen atoms in total. The smallest absolute Gasteiger partial charge is 0.254 e. The van der Waals surface area contributed by atoms with E-state index in [0.29, 0.717) is 31.7 Å². The Labute approximate surface area is 177 Å². The Morgan fingerprint density at radius 1 is 1.03 bits per heavy atom. The molecule has 0 atom stereocenters. The van der Waals surface area contributed by atoms with Gasteiger partial charge in [0.2, 0.25) is 5.91 Å². The highest BCUT2D eigenvalue weighted by atomic mass is 79.9. The average Bonchev–Trinajstić information content (AvgIpc) is 3.12. The van der Waals surface area contributed by atoms with E-state index < -0.39 is 0 Å². The molecular weight excluding hydrogens is 432 g/mol. The van der Waals surface area contributed by atoms with E-state index >= 15 is 0 Å². The van der Waals surface area contributed by atoms with Gasteiger partial charge < -0.3 is 14.8 Å². The number of nitrogens with one attached hydrogen (secondary N) is 1. The van der Waals surface area contributed by atoms with E-state index in [9.17, 15) is 9.59 Å². The highest BCUT2D eigenvalue weighted by Gasteiger charge is 2.24. The Morgan fingerprint density at radius 3 is 2.45 bits per heavy atom. The monoisotopic (exact) mass is 452 g/mol. The Kier molecular flexibility index (Phi) is 5.49. The van der Waals surface area contributed by atoms with Crippen LogP contribution in [0.25, 0.3) is 17.1 Å². The number of fused-ring (bicyclic) bond motifs is 1. The van der Waals surface area contributed by atoms with Crippen molar-refractivity contribution in [3.63, 3.8) is 0 Å². The molecule has 1 saturated heterocycles. The summed E-state index contributed by atoms with van der Waals surface area (Å²) in [5.74, 6) is 0.777. The number of carbonyl (C=O) groups excluding carboxylic acids is 2. The molecule has 0 radical (unpaired) electrons. The van der Waals surface area contributed by atoms with Crippen LogP contribution >= 0.6 is 15.9 Å². The SMILES string of the molecule is Cc1nc2ccc(C(=O)N3CCN(C(=O)/C=C/c4ccc(Br)cc4)CC3)cc2[nH]1. The van der Waals surface area contributed by atoms with Gasteiger partial charge in [-0.05, 0) is 48.9 Å². The Hall–Kier alpha value is -2.93. The first-order valence-corrected chi connectivity index (χ1v) is 10.3. The molecule has 7 heteroatoms. The van der Waals surface area contributed by atoms with Crippen molar-refractivity contribution in [1.29, 1.82) is 0 Å². The van der Waals surface area contributed by atoms with Gasteiger partial charge in [0.25, 0.3) is 5.91 Å². The molecule has 1 fully saturated rings. The molecule has 0 saturated carbocycles. The van der Waals surface area contributed by atoms with Gasteiger partial charge in [-0.1, -0.05) is 28.1 Å². The molecule has 2 aromatic carbocycles. The van der Waals surface area contributed by atoms with Crippen molar-refractivity contribution in [3.8, 4) is 0 Å². The molecule has 2 amide bonds. The molecule has 3 aromatic rings. The first-order chi connectivity index (χ1) is 14.0. The van der Waals surface area contributed by atoms with Crippen LogP contribution in [-0.2, 0) is 4.79 Å². The summed E-state index contributed by atoms with van der Waals surface area (Å²) >= 11 is 3.40. The molecule has 1 aromatic heterocycles. The number of benzene rings is 2. The molecule has 1 aliphatic rings. The number of rotatable bonds is 3. The molecule has 4 rings (SSSR count). The number of aromatic amines is 1. The molecule has 0 unspecified atom stereocenters. The number of H-pyrrole nitrogens is 1. The highest BCUT2D eigenvalue weighted by Crippen LogP contribution is 2.16. The van der Waals surface area contributed by atoms with Gasteiger partial charge in [0.1, 0.15) is 5.82 Å². The maximum atomic E-state index is 12.8. The van der Waals surface area contributed by atoms with Gasteiger partial charge in [0.15, 0.2) is 0 Å². The largest absolute Gasteiger partial charge is 0.342 e. The van der Waals surface area contributed by atoms with Gasteiger partial charge in [0, 0.05) is 42.3 Å². The molecule has 1 aliphatic heterocycles. The fourth-order valence-electron chi connectivity index (χ4n) is 3.43. The van der Waals surface area contributed by atoms with Gasteiger partial charge >= 0.3 is 0 Å². The second-order valence-corrected chi connectivity index (χ2v) is 7.97. The van der Waals surface area contributed by atoms with Crippen molar-refractivity contribution < 1.29 is 9.59 Å². The molecule has 0 spiro atoms. The van der Waals surface area contributed by atoms with Gasteiger partial charge in [-0.15, -0.1) is 0 Å². The minimum atomic E-state index is -0.0330. The van der Waals surface area contributed by atoms with Crippen LogP contribution in [-0.4, -0.2) is 57.8 Å². The third-order valence-corrected chi connectivity index (χ3v) is 5.54. The number of piperazine rings is 1. The zero-order valence-electron chi connectivity index (χ0n) is 16.1. The summed E-state index contributed by atoms with van der Waals surface area (Å²) in [6.45, 7) is 4.00. The second kappa shape index (κ2) is 8.21. The Morgan fingerprint density at radius 2 is 1.72 bits per heavy atom. The topological polar surface area (TPSA) is 69.3 Å². The molecular formula is C22H21BrN4O2. The second-order valence-electron chi connectivity index (χ2n) is 7.06. The third-order valence-electron chi connectivity index (χ3n) is 5.01. The number of hydrogen-bond donors (Lipinski definition) is 1. The van der Waals surface area contributed by atoms with Crippen LogP contribution in [0.4, 0.5) is 0 Å². The first kappa shape index (κ1) is 19.4. The lowest BCUT2D eigenvalue weighted by atomic mass is 10.1. The van der Waals surface area contributed by atoms with Gasteiger partial charge in [0.05, 0.1) is 11.0 Å². The summed E-state index contributed by atoms with van der Waals surface area (Å²) in [5, 5.41) is 0. The zero-order valence-corrected chi connectivity index (χ0v) is 17.6. The molecule has 148 valence electrons. The van der Waals surface area contributed by atoms with Crippen molar-refractivity contribution in [2.45, 2.75) is 6.92 Å². The van der Waals surface area contributed by atoms with Crippen LogP contribution in [0.5, 0.6) is 0 Å². The van der Waals surface area contributed by atoms with Crippen LogP contribution in [0.15, 0.2) is 53.0 Å². The van der Waals surface area contributed by atoms with E-state index in [-0.39, 0.29) is 11.8 Å². The predicted molar refractivity (Wildman–Crippen MR) is 116 cm³/mol. The predicted octanol–water partition coefficient (Wildman–Crippen LogP) is 3.63. The molecule has 2 heterocycles. The number of aryl methyl sites for hydroxylation is 1. The van der Waals surface area contributed by atoms with Crippen LogP contribution in [0.1, 0.15) is 21.7 Å². The lowest BCUT2D eigenvalue weighted by Crippen LogP contribution is -2.50. The van der Waals surface area contributed by atoms with E-state index in [1.165, 1.54) is 0 Å². The number of hydrogen-bond acceptors (Lipinski definition) is 3. The van der Waals surface area contributed by atoms with Crippen LogP contribution in [0.2, 0.25) is 0 Å². The maximum Gasteiger partial charge on any atom is 0.254 e. The van der Waals surface area contributed by atoms with Crippen molar-refractivity contribution in [2.24, 2.45) is 0 Å². The number of aromatic nitrogens is 2. The Bertz CT molecular complexity index is 1080. The lowest BCUT2D eigenvalue weighted by molar-refractivity contribution is -0.127. The van der Waals surface area contributed by atoms with Crippen molar-refractivity contribution in [3.05, 3.63) is 70.0 Å². The van der Waals surface area contributed by atoms with Gasteiger partial charge in [-0.25, -0.2) is 4.98 Å². The summed E-state index contributed by atoms with van der Waals surface area (Å²) in [6, 6.07) is 13.3. The van der Waals surface area contributed by atoms with Crippen molar-refractivity contribution in [1.82, 2.24) is 19.8 Å². The summed E-state index contributed by atoms with van der Waals surface area (Å²) in [7, 11) is 0. The first-order valence-electron chi connectivity index (χ1n) is 9.48. The Balaban J connectivity index is 1.36. The van der Waals surface area contributed by atoms with E-state index in [2.05, 4.69) is 25.9 Å². The summed E-state index contributed by atoms with van der Waals surface area (Å²) in [6.07, 6.45) is 3.41. The van der Waals surface area contributed by atoms with Crippen molar-refractivity contribution in [2.75, 3.05) is 26.2 Å². The number of nitrogens with zero attached hydrogens (tertiary/aromatic N) is 3. The number of imidazole rings is 1. The molecule has 0 aliphatic carbocycles. The summed E-state index contributed by atoms with van der Waals surface area (Å²) in [4.78, 5) is 36.4. The summed E-state index contributed by atoms with van der Waals surface area (Å²) in [5.41, 5.74) is 3.32. The normalized spacial score (nSPS) is 14.7. The van der Waals surface area contributed by atoms with Crippen molar-refractivity contribution >= 4 is 44.9 Å². The standard InChI is InChI=1S/C22H21BrN4O2/c1-15-24-19-8-5-17(14-20(19)25-15)22(29)27-12-10-26(11-13-27)21(28)9-4-16-2-6-18(23)7-3-16/h2-9,14H,10-13H2,1H3,(H,24,25)/b9-4+. The highest BCUT2D eigenvalue weighted by molar-refractivity contribution is 9.10. The molecule has 29 heavy (non-hydrogen) atoms. The number of carbonyl (C=O) groups is 2.